The summed E-state index contributed by atoms with van der Waals surface area (Å²) >= 11 is 0. The van der Waals surface area contributed by atoms with Crippen LogP contribution in [-0.2, 0) is 4.79 Å². The summed E-state index contributed by atoms with van der Waals surface area (Å²) in [4.78, 5) is 24.4. The molecule has 4 N–H and O–H groups in total. The molecule has 0 heterocycles. The van der Waals surface area contributed by atoms with Gasteiger partial charge in [-0.15, -0.1) is 12.4 Å². The predicted molar refractivity (Wildman–Crippen MR) is 94.8 cm³/mol. The largest absolute Gasteiger partial charge is 0.350 e. The summed E-state index contributed by atoms with van der Waals surface area (Å²) in [5.41, 5.74) is 6.47. The molecule has 1 unspecified atom stereocenters. The number of rotatable bonds is 5. The normalized spacial score (nSPS) is 15.3. The molecule has 0 spiro atoms. The first kappa shape index (κ1) is 19.5. The van der Waals surface area contributed by atoms with Crippen molar-refractivity contribution < 1.29 is 9.59 Å². The Morgan fingerprint density at radius 1 is 1.26 bits per heavy atom. The summed E-state index contributed by atoms with van der Waals surface area (Å²) in [6.07, 6.45) is 2.30. The highest BCUT2D eigenvalue weighted by molar-refractivity contribution is 6.04. The van der Waals surface area contributed by atoms with Gasteiger partial charge in [0.25, 0.3) is 5.91 Å². The van der Waals surface area contributed by atoms with E-state index < -0.39 is 5.41 Å². The van der Waals surface area contributed by atoms with Gasteiger partial charge in [0.15, 0.2) is 0 Å². The fourth-order valence-corrected chi connectivity index (χ4v) is 2.10. The molecule has 1 aromatic carbocycles. The molecule has 0 aliphatic heterocycles. The summed E-state index contributed by atoms with van der Waals surface area (Å²) in [7, 11) is 0. The Bertz CT molecular complexity index is 565. The minimum atomic E-state index is -0.516. The van der Waals surface area contributed by atoms with Gasteiger partial charge in [0.1, 0.15) is 0 Å². The molecule has 1 atom stereocenters. The van der Waals surface area contributed by atoms with Gasteiger partial charge in [0.2, 0.25) is 5.91 Å². The number of carbonyl (C=O) groups excluding carboxylic acids is 2. The number of hydrogen-bond donors (Lipinski definition) is 3. The van der Waals surface area contributed by atoms with E-state index >= 15 is 0 Å². The third-order valence-electron chi connectivity index (χ3n) is 3.83. The zero-order valence-corrected chi connectivity index (χ0v) is 14.7. The van der Waals surface area contributed by atoms with Crippen LogP contribution in [0.3, 0.4) is 0 Å². The van der Waals surface area contributed by atoms with Crippen molar-refractivity contribution in [2.45, 2.75) is 39.7 Å². The quantitative estimate of drug-likeness (QED) is 0.770. The lowest BCUT2D eigenvalue weighted by molar-refractivity contribution is -0.123. The molecule has 1 fully saturated rings. The highest BCUT2D eigenvalue weighted by Gasteiger charge is 2.29. The Morgan fingerprint density at radius 2 is 1.87 bits per heavy atom. The monoisotopic (exact) mass is 339 g/mol. The first-order valence-electron chi connectivity index (χ1n) is 7.73. The summed E-state index contributed by atoms with van der Waals surface area (Å²) in [6, 6.07) is 7.03. The van der Waals surface area contributed by atoms with E-state index in [9.17, 15) is 9.59 Å². The molecule has 0 bridgehead atoms. The zero-order chi connectivity index (χ0) is 16.3. The number of benzene rings is 1. The first-order valence-corrected chi connectivity index (χ1v) is 7.73. The lowest BCUT2D eigenvalue weighted by Gasteiger charge is -2.19. The minimum Gasteiger partial charge on any atom is -0.350 e. The third kappa shape index (κ3) is 5.52. The van der Waals surface area contributed by atoms with Crippen molar-refractivity contribution in [3.8, 4) is 0 Å². The minimum absolute atomic E-state index is 0. The van der Waals surface area contributed by atoms with E-state index in [-0.39, 0.29) is 30.3 Å². The smallest absolute Gasteiger partial charge is 0.253 e. The molecule has 128 valence electrons. The second-order valence-electron chi connectivity index (χ2n) is 6.96. The van der Waals surface area contributed by atoms with Crippen molar-refractivity contribution in [2.75, 3.05) is 11.9 Å². The van der Waals surface area contributed by atoms with E-state index in [1.807, 2.05) is 20.8 Å². The maximum Gasteiger partial charge on any atom is 0.253 e. The molecule has 6 heteroatoms. The molecule has 0 saturated heterocycles. The average Bonchev–Trinajstić information content (AvgIpc) is 3.28. The van der Waals surface area contributed by atoms with Crippen LogP contribution in [0.4, 0.5) is 5.69 Å². The number of amides is 2. The maximum atomic E-state index is 12.3. The summed E-state index contributed by atoms with van der Waals surface area (Å²) in [5.74, 6) is 0.208. The van der Waals surface area contributed by atoms with Gasteiger partial charge < -0.3 is 16.4 Å². The van der Waals surface area contributed by atoms with Crippen molar-refractivity contribution in [3.63, 3.8) is 0 Å². The Balaban J connectivity index is 0.00000264. The standard InChI is InChI=1S/C17H25N3O2.ClH/c1-17(2,3)16(22)20-14-7-5-4-6-12(14)15(21)19-10-13(18)11-8-9-11;/h4-7,11,13H,8-10,18H2,1-3H3,(H,19,21)(H,20,22);1H. The third-order valence-corrected chi connectivity index (χ3v) is 3.83. The summed E-state index contributed by atoms with van der Waals surface area (Å²) in [6.45, 7) is 5.96. The average molecular weight is 340 g/mol. The van der Waals surface area contributed by atoms with Crippen molar-refractivity contribution in [1.29, 1.82) is 0 Å². The number of hydrogen-bond acceptors (Lipinski definition) is 3. The first-order chi connectivity index (χ1) is 10.3. The fraction of sp³-hybridized carbons (Fsp3) is 0.529. The molecular formula is C17H26ClN3O2. The van der Waals surface area contributed by atoms with Crippen molar-refractivity contribution >= 4 is 29.9 Å². The van der Waals surface area contributed by atoms with E-state index in [0.717, 1.165) is 12.8 Å². The van der Waals surface area contributed by atoms with Crippen molar-refractivity contribution in [1.82, 2.24) is 5.32 Å². The van der Waals surface area contributed by atoms with Gasteiger partial charge in [-0.05, 0) is 30.9 Å². The lowest BCUT2D eigenvalue weighted by Crippen LogP contribution is -2.39. The number of nitrogens with two attached hydrogens (primary N) is 1. The highest BCUT2D eigenvalue weighted by atomic mass is 35.5. The molecular weight excluding hydrogens is 314 g/mol. The highest BCUT2D eigenvalue weighted by Crippen LogP contribution is 2.31. The molecule has 2 amide bonds. The van der Waals surface area contributed by atoms with Crippen LogP contribution in [0, 0.1) is 11.3 Å². The molecule has 5 nitrogen and oxygen atoms in total. The number of para-hydroxylation sites is 1. The van der Waals surface area contributed by atoms with Gasteiger partial charge in [-0.3, -0.25) is 9.59 Å². The molecule has 1 aromatic rings. The molecule has 2 rings (SSSR count). The maximum absolute atomic E-state index is 12.3. The van der Waals surface area contributed by atoms with Crippen LogP contribution in [0.25, 0.3) is 0 Å². The van der Waals surface area contributed by atoms with Crippen LogP contribution in [0.2, 0.25) is 0 Å². The number of nitrogens with one attached hydrogen (secondary N) is 2. The second-order valence-corrected chi connectivity index (χ2v) is 6.96. The summed E-state index contributed by atoms with van der Waals surface area (Å²) in [5, 5.41) is 5.68. The van der Waals surface area contributed by atoms with Gasteiger partial charge in [0, 0.05) is 18.0 Å². The Kier molecular flexibility index (Phi) is 6.59. The van der Waals surface area contributed by atoms with Gasteiger partial charge in [-0.1, -0.05) is 32.9 Å². The van der Waals surface area contributed by atoms with Crippen molar-refractivity contribution in [3.05, 3.63) is 29.8 Å². The van der Waals surface area contributed by atoms with Crippen LogP contribution < -0.4 is 16.4 Å². The van der Waals surface area contributed by atoms with Gasteiger partial charge >= 0.3 is 0 Å². The molecule has 1 saturated carbocycles. The molecule has 1 aliphatic carbocycles. The number of anilines is 1. The fourth-order valence-electron chi connectivity index (χ4n) is 2.10. The predicted octanol–water partition coefficient (Wildman–Crippen LogP) is 2.56. The summed E-state index contributed by atoms with van der Waals surface area (Å²) < 4.78 is 0. The van der Waals surface area contributed by atoms with E-state index in [4.69, 9.17) is 5.73 Å². The number of carbonyl (C=O) groups is 2. The topological polar surface area (TPSA) is 84.2 Å². The zero-order valence-electron chi connectivity index (χ0n) is 13.9. The van der Waals surface area contributed by atoms with Crippen LogP contribution in [-0.4, -0.2) is 24.4 Å². The number of halogens is 1. The molecule has 23 heavy (non-hydrogen) atoms. The van der Waals surface area contributed by atoms with E-state index in [1.165, 1.54) is 0 Å². The van der Waals surface area contributed by atoms with Crippen LogP contribution >= 0.6 is 12.4 Å². The Labute approximate surface area is 143 Å². The van der Waals surface area contributed by atoms with Gasteiger partial charge in [-0.2, -0.15) is 0 Å². The Hall–Kier alpha value is -1.59. The van der Waals surface area contributed by atoms with E-state index in [0.29, 0.717) is 23.7 Å². The molecule has 1 aliphatic rings. The van der Waals surface area contributed by atoms with Gasteiger partial charge in [-0.25, -0.2) is 0 Å². The van der Waals surface area contributed by atoms with E-state index in [2.05, 4.69) is 10.6 Å². The molecule has 0 aromatic heterocycles. The molecule has 0 radical (unpaired) electrons. The van der Waals surface area contributed by atoms with Crippen molar-refractivity contribution in [2.24, 2.45) is 17.1 Å². The Morgan fingerprint density at radius 3 is 2.43 bits per heavy atom. The van der Waals surface area contributed by atoms with Crippen LogP contribution in [0.5, 0.6) is 0 Å². The van der Waals surface area contributed by atoms with Gasteiger partial charge in [0.05, 0.1) is 11.3 Å². The van der Waals surface area contributed by atoms with Crippen LogP contribution in [0.1, 0.15) is 44.0 Å². The second kappa shape index (κ2) is 7.79. The SMILES string of the molecule is CC(C)(C)C(=O)Nc1ccccc1C(=O)NCC(N)C1CC1.Cl. The van der Waals surface area contributed by atoms with Crippen LogP contribution in [0.15, 0.2) is 24.3 Å². The van der Waals surface area contributed by atoms with E-state index in [1.54, 1.807) is 24.3 Å². The lowest BCUT2D eigenvalue weighted by atomic mass is 9.95.